The van der Waals surface area contributed by atoms with Gasteiger partial charge in [-0.25, -0.2) is 9.37 Å². The van der Waals surface area contributed by atoms with Crippen molar-refractivity contribution in [2.45, 2.75) is 6.92 Å². The molecular weight excluding hydrogens is 337 g/mol. The number of carbonyl (C=O) groups is 1. The second kappa shape index (κ2) is 7.56. The molecule has 0 fully saturated rings. The molecule has 0 unspecified atom stereocenters. The summed E-state index contributed by atoms with van der Waals surface area (Å²) < 4.78 is 13.4. The number of nitrogens with one attached hydrogen (secondary N) is 2. The first-order chi connectivity index (χ1) is 12.5. The number of aromatic nitrogens is 3. The topological polar surface area (TPSA) is 100 Å². The van der Waals surface area contributed by atoms with E-state index in [1.54, 1.807) is 43.6 Å². The predicted octanol–water partition coefficient (Wildman–Crippen LogP) is 3.23. The van der Waals surface area contributed by atoms with Crippen LogP contribution in [0.25, 0.3) is 11.3 Å². The Balaban J connectivity index is 1.95. The van der Waals surface area contributed by atoms with E-state index < -0.39 is 5.97 Å². The summed E-state index contributed by atoms with van der Waals surface area (Å²) >= 11 is 0. The van der Waals surface area contributed by atoms with Crippen LogP contribution in [0, 0.1) is 12.7 Å². The van der Waals surface area contributed by atoms with E-state index in [0.717, 1.165) is 5.56 Å². The van der Waals surface area contributed by atoms with Crippen molar-refractivity contribution in [1.29, 1.82) is 0 Å². The number of nitrogens with zero attached hydrogens (tertiary/aromatic N) is 3. The van der Waals surface area contributed by atoms with Crippen molar-refractivity contribution < 1.29 is 14.3 Å². The normalized spacial score (nSPS) is 10.4. The first kappa shape index (κ1) is 17.3. The van der Waals surface area contributed by atoms with Gasteiger partial charge in [-0.15, -0.1) is 0 Å². The fourth-order valence-electron chi connectivity index (χ4n) is 2.28. The Morgan fingerprint density at radius 3 is 2.77 bits per heavy atom. The Hall–Kier alpha value is -3.55. The van der Waals surface area contributed by atoms with Gasteiger partial charge in [-0.2, -0.15) is 4.98 Å². The quantitative estimate of drug-likeness (QED) is 0.625. The molecule has 1 aromatic carbocycles. The molecule has 0 bridgehead atoms. The molecule has 3 aromatic rings. The molecule has 0 saturated heterocycles. The Bertz CT molecular complexity index is 934. The van der Waals surface area contributed by atoms with Gasteiger partial charge in [0, 0.05) is 29.7 Å². The number of aryl methyl sites for hydroxylation is 1. The maximum Gasteiger partial charge on any atom is 0.322 e. The molecule has 7 nitrogen and oxygen atoms in total. The zero-order valence-electron chi connectivity index (χ0n) is 13.9. The molecule has 0 amide bonds. The van der Waals surface area contributed by atoms with Crippen LogP contribution in [-0.2, 0) is 4.79 Å². The molecule has 0 aliphatic heterocycles. The molecule has 2 heterocycles. The predicted molar refractivity (Wildman–Crippen MR) is 95.8 cm³/mol. The molecule has 0 aliphatic rings. The van der Waals surface area contributed by atoms with Crippen LogP contribution in [0.4, 0.5) is 21.8 Å². The Morgan fingerprint density at radius 2 is 2.08 bits per heavy atom. The first-order valence-electron chi connectivity index (χ1n) is 7.79. The van der Waals surface area contributed by atoms with Crippen LogP contribution in [0.1, 0.15) is 5.56 Å². The monoisotopic (exact) mass is 353 g/mol. The minimum Gasteiger partial charge on any atom is -0.480 e. The van der Waals surface area contributed by atoms with E-state index in [9.17, 15) is 9.18 Å². The third-order valence-electron chi connectivity index (χ3n) is 3.51. The van der Waals surface area contributed by atoms with Gasteiger partial charge in [-0.3, -0.25) is 9.78 Å². The molecule has 3 N–H and O–H groups in total. The van der Waals surface area contributed by atoms with Crippen LogP contribution in [0.2, 0.25) is 0 Å². The lowest BCUT2D eigenvalue weighted by molar-refractivity contribution is -0.134. The third-order valence-corrected chi connectivity index (χ3v) is 3.51. The largest absolute Gasteiger partial charge is 0.480 e. The van der Waals surface area contributed by atoms with E-state index in [4.69, 9.17) is 5.11 Å². The van der Waals surface area contributed by atoms with E-state index in [1.807, 2.05) is 6.07 Å². The van der Waals surface area contributed by atoms with E-state index in [0.29, 0.717) is 22.8 Å². The van der Waals surface area contributed by atoms with Crippen LogP contribution < -0.4 is 10.6 Å². The summed E-state index contributed by atoms with van der Waals surface area (Å²) in [6.45, 7) is 1.35. The number of rotatable bonds is 6. The Kier molecular flexibility index (Phi) is 5.02. The second-order valence-corrected chi connectivity index (χ2v) is 5.54. The highest BCUT2D eigenvalue weighted by molar-refractivity contribution is 5.73. The fraction of sp³-hybridized carbons (Fsp3) is 0.111. The zero-order chi connectivity index (χ0) is 18.5. The summed E-state index contributed by atoms with van der Waals surface area (Å²) in [6, 6.07) is 9.94. The summed E-state index contributed by atoms with van der Waals surface area (Å²) in [7, 11) is 0. The summed E-state index contributed by atoms with van der Waals surface area (Å²) in [4.78, 5) is 23.4. The number of aliphatic carboxylic acids is 1. The van der Waals surface area contributed by atoms with E-state index in [2.05, 4.69) is 25.6 Å². The summed E-state index contributed by atoms with van der Waals surface area (Å²) in [5, 5.41) is 14.6. The average molecular weight is 353 g/mol. The van der Waals surface area contributed by atoms with Crippen molar-refractivity contribution >= 4 is 23.4 Å². The van der Waals surface area contributed by atoms with Gasteiger partial charge in [0.05, 0.1) is 5.69 Å². The minimum atomic E-state index is -1.02. The maximum absolute atomic E-state index is 13.4. The van der Waals surface area contributed by atoms with Crippen LogP contribution in [0.3, 0.4) is 0 Å². The van der Waals surface area contributed by atoms with Gasteiger partial charge in [0.2, 0.25) is 5.95 Å². The highest BCUT2D eigenvalue weighted by atomic mass is 19.1. The van der Waals surface area contributed by atoms with Gasteiger partial charge in [0.15, 0.2) is 0 Å². The number of pyridine rings is 1. The second-order valence-electron chi connectivity index (χ2n) is 5.54. The van der Waals surface area contributed by atoms with Gasteiger partial charge in [-0.1, -0.05) is 0 Å². The zero-order valence-corrected chi connectivity index (χ0v) is 13.9. The Morgan fingerprint density at radius 1 is 1.23 bits per heavy atom. The van der Waals surface area contributed by atoms with Gasteiger partial charge >= 0.3 is 5.97 Å². The molecule has 0 saturated carbocycles. The number of hydrogen-bond acceptors (Lipinski definition) is 6. The SMILES string of the molecule is Cc1cc(Nc2cc(-c3cccnc3)nc(NCC(=O)O)n2)ccc1F. The van der Waals surface area contributed by atoms with Crippen molar-refractivity contribution in [2.24, 2.45) is 0 Å². The fourth-order valence-corrected chi connectivity index (χ4v) is 2.28. The summed E-state index contributed by atoms with van der Waals surface area (Å²) in [5.41, 5.74) is 2.48. The molecular formula is C18H16FN5O2. The molecule has 0 atom stereocenters. The number of anilines is 3. The van der Waals surface area contributed by atoms with Gasteiger partial charge in [-0.05, 0) is 42.8 Å². The average Bonchev–Trinajstić information content (AvgIpc) is 2.64. The van der Waals surface area contributed by atoms with Crippen LogP contribution in [0.15, 0.2) is 48.8 Å². The van der Waals surface area contributed by atoms with Crippen LogP contribution in [-0.4, -0.2) is 32.6 Å². The highest BCUT2D eigenvalue weighted by Gasteiger charge is 2.09. The summed E-state index contributed by atoms with van der Waals surface area (Å²) in [5.74, 6) is -0.713. The molecule has 26 heavy (non-hydrogen) atoms. The van der Waals surface area contributed by atoms with E-state index >= 15 is 0 Å². The van der Waals surface area contributed by atoms with Gasteiger partial charge < -0.3 is 15.7 Å². The molecule has 8 heteroatoms. The number of hydrogen-bond donors (Lipinski definition) is 3. The lowest BCUT2D eigenvalue weighted by Gasteiger charge is -2.11. The molecule has 2 aromatic heterocycles. The number of halogens is 1. The minimum absolute atomic E-state index is 0.162. The molecule has 3 rings (SSSR count). The van der Waals surface area contributed by atoms with Crippen LogP contribution >= 0.6 is 0 Å². The number of carboxylic acid groups (broad SMARTS) is 1. The van der Waals surface area contributed by atoms with Crippen molar-refractivity contribution in [1.82, 2.24) is 15.0 Å². The van der Waals surface area contributed by atoms with Gasteiger partial charge in [0.1, 0.15) is 18.2 Å². The standard InChI is InChI=1S/C18H16FN5O2/c1-11-7-13(4-5-14(11)19)22-16-8-15(12-3-2-6-20-9-12)23-18(24-16)21-10-17(25)26/h2-9H,10H2,1H3,(H,25,26)(H2,21,22,23,24). The third kappa shape index (κ3) is 4.29. The summed E-state index contributed by atoms with van der Waals surface area (Å²) in [6.07, 6.45) is 3.30. The molecule has 0 radical (unpaired) electrons. The molecule has 0 aliphatic carbocycles. The van der Waals surface area contributed by atoms with Crippen LogP contribution in [0.5, 0.6) is 0 Å². The maximum atomic E-state index is 13.4. The highest BCUT2D eigenvalue weighted by Crippen LogP contribution is 2.24. The van der Waals surface area contributed by atoms with Crippen molar-refractivity contribution in [3.8, 4) is 11.3 Å². The van der Waals surface area contributed by atoms with Crippen molar-refractivity contribution in [2.75, 3.05) is 17.2 Å². The van der Waals surface area contributed by atoms with Crippen molar-refractivity contribution in [3.05, 3.63) is 60.2 Å². The number of carboxylic acids is 1. The lowest BCUT2D eigenvalue weighted by Crippen LogP contribution is -2.15. The molecule has 132 valence electrons. The molecule has 0 spiro atoms. The van der Waals surface area contributed by atoms with E-state index in [1.165, 1.54) is 6.07 Å². The Labute approximate surface area is 149 Å². The van der Waals surface area contributed by atoms with Gasteiger partial charge in [0.25, 0.3) is 0 Å². The number of benzene rings is 1. The van der Waals surface area contributed by atoms with Crippen molar-refractivity contribution in [3.63, 3.8) is 0 Å². The van der Waals surface area contributed by atoms with E-state index in [-0.39, 0.29) is 18.3 Å². The smallest absolute Gasteiger partial charge is 0.322 e. The first-order valence-corrected chi connectivity index (χ1v) is 7.79. The lowest BCUT2D eigenvalue weighted by atomic mass is 10.2.